The number of nitrogens with one attached hydrogen (secondary N) is 1. The minimum Gasteiger partial charge on any atom is -0.388 e. The van der Waals surface area contributed by atoms with E-state index in [1.807, 2.05) is 13.8 Å². The minimum atomic E-state index is -1.25. The molecule has 0 aromatic rings. The second-order valence-corrected chi connectivity index (χ2v) is 5.55. The summed E-state index contributed by atoms with van der Waals surface area (Å²) in [5.74, 6) is -0.518. The molecule has 1 saturated heterocycles. The summed E-state index contributed by atoms with van der Waals surface area (Å²) >= 11 is 0. The molecule has 0 bridgehead atoms. The molecule has 1 fully saturated rings. The third kappa shape index (κ3) is 3.73. The van der Waals surface area contributed by atoms with Crippen molar-refractivity contribution < 1.29 is 24.5 Å². The summed E-state index contributed by atoms with van der Waals surface area (Å²) in [4.78, 5) is 12.0. The van der Waals surface area contributed by atoms with Crippen LogP contribution in [-0.4, -0.2) is 59.8 Å². The molecule has 0 saturated carbocycles. The summed E-state index contributed by atoms with van der Waals surface area (Å²) in [5, 5.41) is 23.3. The van der Waals surface area contributed by atoms with E-state index in [0.717, 1.165) is 0 Å². The molecule has 1 aliphatic rings. The molecular formula is C13H25NO5. The minimum absolute atomic E-state index is 0.0884. The second-order valence-electron chi connectivity index (χ2n) is 5.55. The van der Waals surface area contributed by atoms with Crippen molar-refractivity contribution in [3.8, 4) is 0 Å². The molecule has 6 heteroatoms. The molecule has 0 amide bonds. The Morgan fingerprint density at radius 1 is 1.21 bits per heavy atom. The van der Waals surface area contributed by atoms with Crippen LogP contribution < -0.4 is 5.32 Å². The van der Waals surface area contributed by atoms with Gasteiger partial charge in [0, 0.05) is 19.1 Å². The van der Waals surface area contributed by atoms with Crippen molar-refractivity contribution >= 4 is 5.78 Å². The molecule has 0 radical (unpaired) electrons. The lowest BCUT2D eigenvalue weighted by Gasteiger charge is -2.43. The van der Waals surface area contributed by atoms with E-state index in [0.29, 0.717) is 0 Å². The number of hydrogen-bond donors (Lipinski definition) is 3. The maximum absolute atomic E-state index is 12.0. The molecule has 3 N–H and O–H groups in total. The number of hydrogen-bond acceptors (Lipinski definition) is 6. The highest BCUT2D eigenvalue weighted by Crippen LogP contribution is 2.24. The van der Waals surface area contributed by atoms with Crippen LogP contribution in [0.4, 0.5) is 0 Å². The molecule has 112 valence electrons. The topological polar surface area (TPSA) is 88.0 Å². The van der Waals surface area contributed by atoms with Crippen LogP contribution in [0.15, 0.2) is 0 Å². The summed E-state index contributed by atoms with van der Waals surface area (Å²) in [7, 11) is 1.45. The first-order valence-corrected chi connectivity index (χ1v) is 6.63. The Hall–Kier alpha value is -0.530. The number of ether oxygens (including phenoxy) is 2. The van der Waals surface area contributed by atoms with Crippen molar-refractivity contribution in [2.75, 3.05) is 7.11 Å². The van der Waals surface area contributed by atoms with Crippen LogP contribution in [0, 0.1) is 5.92 Å². The lowest BCUT2D eigenvalue weighted by molar-refractivity contribution is -0.253. The van der Waals surface area contributed by atoms with E-state index in [4.69, 9.17) is 9.47 Å². The zero-order valence-electron chi connectivity index (χ0n) is 12.2. The van der Waals surface area contributed by atoms with Crippen molar-refractivity contribution in [2.45, 2.75) is 64.4 Å². The quantitative estimate of drug-likeness (QED) is 0.637. The summed E-state index contributed by atoms with van der Waals surface area (Å²) in [6, 6.07) is -0.485. The van der Waals surface area contributed by atoms with Gasteiger partial charge in [-0.05, 0) is 0 Å². The fourth-order valence-electron chi connectivity index (χ4n) is 2.19. The number of ketones is 1. The Kier molecular flexibility index (Phi) is 5.88. The average Bonchev–Trinajstić information content (AvgIpc) is 2.34. The Morgan fingerprint density at radius 3 is 2.21 bits per heavy atom. The van der Waals surface area contributed by atoms with E-state index in [1.54, 1.807) is 13.8 Å². The van der Waals surface area contributed by atoms with Gasteiger partial charge in [-0.15, -0.1) is 0 Å². The van der Waals surface area contributed by atoms with Gasteiger partial charge in [-0.1, -0.05) is 27.7 Å². The van der Waals surface area contributed by atoms with E-state index in [1.165, 1.54) is 7.11 Å². The number of aliphatic hydroxyl groups excluding tert-OH is 2. The van der Waals surface area contributed by atoms with Gasteiger partial charge in [0.2, 0.25) is 0 Å². The number of carbonyl (C=O) groups excluding carboxylic acids is 1. The fraction of sp³-hybridized carbons (Fsp3) is 0.923. The smallest absolute Gasteiger partial charge is 0.176 e. The normalized spacial score (nSPS) is 35.9. The maximum atomic E-state index is 12.0. The van der Waals surface area contributed by atoms with Crippen molar-refractivity contribution in [3.05, 3.63) is 0 Å². The summed E-state index contributed by atoms with van der Waals surface area (Å²) < 4.78 is 10.7. The van der Waals surface area contributed by atoms with Gasteiger partial charge in [0.15, 0.2) is 12.1 Å². The van der Waals surface area contributed by atoms with E-state index >= 15 is 0 Å². The van der Waals surface area contributed by atoms with E-state index in [9.17, 15) is 15.0 Å². The van der Waals surface area contributed by atoms with Crippen LogP contribution in [0.3, 0.4) is 0 Å². The number of aliphatic hydroxyl groups is 2. The molecule has 3 unspecified atom stereocenters. The standard InChI is InChI=1S/C13H25NO5/c1-6(2)9(15)12-11(17)10(16)8(14-7(3)4)13(18-5)19-12/h6-8,10-14,16-17H,1-5H3/t8?,10-,11?,12-,13?/m1/s1. The molecule has 0 aliphatic carbocycles. The summed E-state index contributed by atoms with van der Waals surface area (Å²) in [6.07, 6.45) is -4.19. The number of methoxy groups -OCH3 is 1. The zero-order valence-corrected chi connectivity index (χ0v) is 12.2. The predicted octanol–water partition coefficient (Wildman–Crippen LogP) is -0.329. The van der Waals surface area contributed by atoms with Gasteiger partial charge in [-0.3, -0.25) is 4.79 Å². The van der Waals surface area contributed by atoms with Gasteiger partial charge in [-0.25, -0.2) is 0 Å². The van der Waals surface area contributed by atoms with Gasteiger partial charge >= 0.3 is 0 Å². The Labute approximate surface area is 114 Å². The van der Waals surface area contributed by atoms with Crippen molar-refractivity contribution in [3.63, 3.8) is 0 Å². The molecular weight excluding hydrogens is 250 g/mol. The van der Waals surface area contributed by atoms with Crippen LogP contribution in [0.2, 0.25) is 0 Å². The van der Waals surface area contributed by atoms with E-state index in [-0.39, 0.29) is 17.7 Å². The Bertz CT molecular complexity index is 305. The monoisotopic (exact) mass is 275 g/mol. The molecule has 1 heterocycles. The van der Waals surface area contributed by atoms with E-state index in [2.05, 4.69) is 5.32 Å². The lowest BCUT2D eigenvalue weighted by Crippen LogP contribution is -2.65. The number of carbonyl (C=O) groups is 1. The third-order valence-corrected chi connectivity index (χ3v) is 3.21. The van der Waals surface area contributed by atoms with Crippen LogP contribution >= 0.6 is 0 Å². The van der Waals surface area contributed by atoms with Crippen LogP contribution in [0.5, 0.6) is 0 Å². The van der Waals surface area contributed by atoms with Crippen LogP contribution in [0.1, 0.15) is 27.7 Å². The molecule has 0 aromatic carbocycles. The molecule has 5 atom stereocenters. The second kappa shape index (κ2) is 6.76. The fourth-order valence-corrected chi connectivity index (χ4v) is 2.19. The lowest BCUT2D eigenvalue weighted by atomic mass is 9.90. The van der Waals surface area contributed by atoms with Gasteiger partial charge in [-0.2, -0.15) is 0 Å². The average molecular weight is 275 g/mol. The molecule has 1 rings (SSSR count). The highest BCUT2D eigenvalue weighted by Gasteiger charge is 2.47. The molecule has 0 spiro atoms. The first-order valence-electron chi connectivity index (χ1n) is 6.63. The van der Waals surface area contributed by atoms with Crippen molar-refractivity contribution in [1.29, 1.82) is 0 Å². The Morgan fingerprint density at radius 2 is 1.79 bits per heavy atom. The van der Waals surface area contributed by atoms with Crippen LogP contribution in [0.25, 0.3) is 0 Å². The SMILES string of the molecule is COC1O[C@H](C(=O)C(C)C)C(O)[C@H](O)C1NC(C)C. The van der Waals surface area contributed by atoms with Crippen molar-refractivity contribution in [2.24, 2.45) is 5.92 Å². The summed E-state index contributed by atoms with van der Waals surface area (Å²) in [6.45, 7) is 7.28. The first-order chi connectivity index (χ1) is 8.79. The van der Waals surface area contributed by atoms with E-state index < -0.39 is 30.6 Å². The third-order valence-electron chi connectivity index (χ3n) is 3.21. The van der Waals surface area contributed by atoms with Gasteiger partial charge in [0.25, 0.3) is 0 Å². The molecule has 19 heavy (non-hydrogen) atoms. The van der Waals surface area contributed by atoms with Gasteiger partial charge in [0.05, 0.1) is 6.04 Å². The van der Waals surface area contributed by atoms with Gasteiger partial charge in [0.1, 0.15) is 18.3 Å². The summed E-state index contributed by atoms with van der Waals surface area (Å²) in [5.41, 5.74) is 0. The first kappa shape index (κ1) is 16.5. The predicted molar refractivity (Wildman–Crippen MR) is 69.6 cm³/mol. The highest BCUT2D eigenvalue weighted by molar-refractivity contribution is 5.85. The number of rotatable bonds is 5. The highest BCUT2D eigenvalue weighted by atomic mass is 16.7. The largest absolute Gasteiger partial charge is 0.388 e. The zero-order chi connectivity index (χ0) is 14.7. The van der Waals surface area contributed by atoms with Crippen LogP contribution in [-0.2, 0) is 14.3 Å². The molecule has 6 nitrogen and oxygen atoms in total. The van der Waals surface area contributed by atoms with Crippen molar-refractivity contribution in [1.82, 2.24) is 5.32 Å². The molecule has 0 aromatic heterocycles. The molecule has 1 aliphatic heterocycles. The number of Topliss-reactive ketones (excluding diaryl/α,β-unsaturated/α-hetero) is 1. The Balaban J connectivity index is 2.87. The maximum Gasteiger partial charge on any atom is 0.176 e. The van der Waals surface area contributed by atoms with Gasteiger partial charge < -0.3 is 25.0 Å².